The average molecular weight is 274 g/mol. The molecule has 0 atom stereocenters. The van der Waals surface area contributed by atoms with Crippen molar-refractivity contribution in [1.82, 2.24) is 15.5 Å². The number of hydrogen-bond acceptors (Lipinski definition) is 3. The fraction of sp³-hybridized carbons (Fsp3) is 0.154. The van der Waals surface area contributed by atoms with E-state index < -0.39 is 5.97 Å². The lowest BCUT2D eigenvalue weighted by Gasteiger charge is -2.09. The number of nitrogens with zero attached hydrogens (tertiary/aromatic N) is 1. The third-order valence-electron chi connectivity index (χ3n) is 2.66. The topological polar surface area (TPSA) is 107 Å². The highest BCUT2D eigenvalue weighted by Crippen LogP contribution is 2.09. The van der Waals surface area contributed by atoms with Crippen LogP contribution in [0, 0.1) is 0 Å². The molecule has 0 bridgehead atoms. The van der Waals surface area contributed by atoms with Crippen molar-refractivity contribution in [1.29, 1.82) is 0 Å². The van der Waals surface area contributed by atoms with Crippen molar-refractivity contribution in [3.05, 3.63) is 47.8 Å². The zero-order valence-electron chi connectivity index (χ0n) is 10.6. The smallest absolute Gasteiger partial charge is 0.319 e. The van der Waals surface area contributed by atoms with E-state index in [0.29, 0.717) is 11.3 Å². The zero-order chi connectivity index (χ0) is 14.4. The molecular weight excluding hydrogens is 260 g/mol. The molecule has 7 nitrogen and oxygen atoms in total. The molecule has 1 heterocycles. The minimum absolute atomic E-state index is 0.0683. The summed E-state index contributed by atoms with van der Waals surface area (Å²) in [5, 5.41) is 20.4. The van der Waals surface area contributed by atoms with Crippen LogP contribution < -0.4 is 10.6 Å². The van der Waals surface area contributed by atoms with Crippen LogP contribution in [-0.4, -0.2) is 27.3 Å². The predicted molar refractivity (Wildman–Crippen MR) is 72.2 cm³/mol. The third-order valence-corrected chi connectivity index (χ3v) is 2.66. The number of hydrogen-bond donors (Lipinski definition) is 4. The molecule has 4 N–H and O–H groups in total. The number of anilines is 1. The number of carboxylic acids is 1. The van der Waals surface area contributed by atoms with Crippen LogP contribution in [0.15, 0.2) is 36.7 Å². The van der Waals surface area contributed by atoms with Gasteiger partial charge in [-0.3, -0.25) is 9.89 Å². The first kappa shape index (κ1) is 13.6. The van der Waals surface area contributed by atoms with Crippen LogP contribution in [0.2, 0.25) is 0 Å². The number of carboxylic acid groups (broad SMARTS) is 1. The van der Waals surface area contributed by atoms with Crippen LogP contribution in [0.3, 0.4) is 0 Å². The normalized spacial score (nSPS) is 10.0. The maximum Gasteiger partial charge on any atom is 0.319 e. The molecule has 1 aromatic carbocycles. The van der Waals surface area contributed by atoms with E-state index in [2.05, 4.69) is 20.8 Å². The largest absolute Gasteiger partial charge is 0.481 e. The van der Waals surface area contributed by atoms with Gasteiger partial charge in [-0.15, -0.1) is 0 Å². The molecule has 0 fully saturated rings. The van der Waals surface area contributed by atoms with E-state index in [-0.39, 0.29) is 19.0 Å². The fourth-order valence-electron chi connectivity index (χ4n) is 1.74. The lowest BCUT2D eigenvalue weighted by Crippen LogP contribution is -2.28. The Bertz CT molecular complexity index is 595. The van der Waals surface area contributed by atoms with Gasteiger partial charge in [0.25, 0.3) is 0 Å². The summed E-state index contributed by atoms with van der Waals surface area (Å²) in [6.45, 7) is 0.257. The minimum atomic E-state index is -0.903. The van der Waals surface area contributed by atoms with Gasteiger partial charge in [0, 0.05) is 12.7 Å². The van der Waals surface area contributed by atoms with E-state index in [1.165, 1.54) is 6.20 Å². The third kappa shape index (κ3) is 3.84. The SMILES string of the molecule is O=C(O)Cc1ccccc1CNC(=O)Nc1cn[nH]c1. The molecule has 1 aromatic heterocycles. The monoisotopic (exact) mass is 274 g/mol. The Hall–Kier alpha value is -2.83. The van der Waals surface area contributed by atoms with Crippen molar-refractivity contribution in [2.45, 2.75) is 13.0 Å². The van der Waals surface area contributed by atoms with Crippen molar-refractivity contribution in [3.8, 4) is 0 Å². The quantitative estimate of drug-likeness (QED) is 0.660. The summed E-state index contributed by atoms with van der Waals surface area (Å²) in [5.41, 5.74) is 2.02. The predicted octanol–water partition coefficient (Wildman–Crippen LogP) is 1.36. The molecule has 104 valence electrons. The summed E-state index contributed by atoms with van der Waals surface area (Å²) >= 11 is 0. The second-order valence-corrected chi connectivity index (χ2v) is 4.13. The molecule has 2 aromatic rings. The second kappa shape index (κ2) is 6.37. The molecule has 20 heavy (non-hydrogen) atoms. The summed E-state index contributed by atoms with van der Waals surface area (Å²) in [5.74, 6) is -0.903. The van der Waals surface area contributed by atoms with Gasteiger partial charge in [-0.25, -0.2) is 4.79 Å². The van der Waals surface area contributed by atoms with Gasteiger partial charge in [0.2, 0.25) is 0 Å². The lowest BCUT2D eigenvalue weighted by molar-refractivity contribution is -0.136. The van der Waals surface area contributed by atoms with Gasteiger partial charge in [-0.05, 0) is 11.1 Å². The first-order valence-electron chi connectivity index (χ1n) is 5.97. The van der Waals surface area contributed by atoms with Crippen LogP contribution in [0.5, 0.6) is 0 Å². The molecule has 0 aliphatic rings. The standard InChI is InChI=1S/C13H14N4O3/c18-12(19)5-9-3-1-2-4-10(9)6-14-13(20)17-11-7-15-16-8-11/h1-4,7-8H,5-6H2,(H,15,16)(H,18,19)(H2,14,17,20). The molecule has 0 spiro atoms. The highest BCUT2D eigenvalue weighted by atomic mass is 16.4. The number of H-pyrrole nitrogens is 1. The second-order valence-electron chi connectivity index (χ2n) is 4.13. The Balaban J connectivity index is 1.93. The van der Waals surface area contributed by atoms with E-state index in [9.17, 15) is 9.59 Å². The molecule has 0 saturated heterocycles. The number of amides is 2. The highest BCUT2D eigenvalue weighted by Gasteiger charge is 2.08. The van der Waals surface area contributed by atoms with Crippen LogP contribution in [0.25, 0.3) is 0 Å². The first-order chi connectivity index (χ1) is 9.65. The highest BCUT2D eigenvalue weighted by molar-refractivity contribution is 5.88. The average Bonchev–Trinajstić information content (AvgIpc) is 2.90. The summed E-state index contributed by atoms with van der Waals surface area (Å²) in [6.07, 6.45) is 2.97. The van der Waals surface area contributed by atoms with Gasteiger partial charge >= 0.3 is 12.0 Å². The van der Waals surface area contributed by atoms with E-state index in [4.69, 9.17) is 5.11 Å². The van der Waals surface area contributed by atoms with Crippen molar-refractivity contribution in [3.63, 3.8) is 0 Å². The summed E-state index contributed by atoms with van der Waals surface area (Å²) < 4.78 is 0. The number of rotatable bonds is 5. The maximum atomic E-state index is 11.6. The molecule has 0 aliphatic carbocycles. The number of benzene rings is 1. The van der Waals surface area contributed by atoms with Gasteiger partial charge in [0.1, 0.15) is 0 Å². The summed E-state index contributed by atoms with van der Waals surface area (Å²) in [6, 6.07) is 6.72. The molecule has 0 saturated carbocycles. The molecule has 2 amide bonds. The van der Waals surface area contributed by atoms with Gasteiger partial charge in [0.15, 0.2) is 0 Å². The lowest BCUT2D eigenvalue weighted by atomic mass is 10.0. The molecular formula is C13H14N4O3. The minimum Gasteiger partial charge on any atom is -0.481 e. The van der Waals surface area contributed by atoms with E-state index in [1.54, 1.807) is 30.5 Å². The number of aromatic nitrogens is 2. The number of carbonyl (C=O) groups is 2. The van der Waals surface area contributed by atoms with Crippen LogP contribution in [0.4, 0.5) is 10.5 Å². The molecule has 0 unspecified atom stereocenters. The van der Waals surface area contributed by atoms with Crippen molar-refractivity contribution in [2.75, 3.05) is 5.32 Å². The van der Waals surface area contributed by atoms with E-state index in [0.717, 1.165) is 5.56 Å². The Morgan fingerprint density at radius 3 is 2.65 bits per heavy atom. The van der Waals surface area contributed by atoms with Crippen LogP contribution in [-0.2, 0) is 17.8 Å². The molecule has 2 rings (SSSR count). The summed E-state index contributed by atoms with van der Waals surface area (Å²) in [7, 11) is 0. The first-order valence-corrected chi connectivity index (χ1v) is 5.97. The Morgan fingerprint density at radius 1 is 1.25 bits per heavy atom. The van der Waals surface area contributed by atoms with Crippen LogP contribution in [0.1, 0.15) is 11.1 Å². The Labute approximate surface area is 115 Å². The molecule has 7 heteroatoms. The van der Waals surface area contributed by atoms with Gasteiger partial charge in [-0.2, -0.15) is 5.10 Å². The number of carbonyl (C=O) groups excluding carboxylic acids is 1. The van der Waals surface area contributed by atoms with Crippen LogP contribution >= 0.6 is 0 Å². The molecule has 0 aliphatic heterocycles. The van der Waals surface area contributed by atoms with Gasteiger partial charge < -0.3 is 15.7 Å². The van der Waals surface area contributed by atoms with Crippen molar-refractivity contribution >= 4 is 17.7 Å². The Morgan fingerprint density at radius 2 is 2.00 bits per heavy atom. The van der Waals surface area contributed by atoms with Crippen molar-refractivity contribution < 1.29 is 14.7 Å². The van der Waals surface area contributed by atoms with Crippen molar-refractivity contribution in [2.24, 2.45) is 0 Å². The van der Waals surface area contributed by atoms with E-state index >= 15 is 0 Å². The number of aromatic amines is 1. The number of urea groups is 1. The fourth-order valence-corrected chi connectivity index (χ4v) is 1.74. The zero-order valence-corrected chi connectivity index (χ0v) is 10.6. The van der Waals surface area contributed by atoms with Gasteiger partial charge in [0.05, 0.1) is 18.3 Å². The van der Waals surface area contributed by atoms with Gasteiger partial charge in [-0.1, -0.05) is 24.3 Å². The van der Waals surface area contributed by atoms with E-state index in [1.807, 2.05) is 0 Å². The summed E-state index contributed by atoms with van der Waals surface area (Å²) in [4.78, 5) is 22.4. The molecule has 0 radical (unpaired) electrons. The number of aliphatic carboxylic acids is 1. The maximum absolute atomic E-state index is 11.6. The number of nitrogens with one attached hydrogen (secondary N) is 3. The Kier molecular flexibility index (Phi) is 4.33.